The Kier molecular flexibility index (Phi) is 8.32. The van der Waals surface area contributed by atoms with Crippen LogP contribution in [0.3, 0.4) is 0 Å². The van der Waals surface area contributed by atoms with Crippen LogP contribution < -0.4 is 14.2 Å². The number of hydrogen-bond donors (Lipinski definition) is 2. The van der Waals surface area contributed by atoms with Crippen LogP contribution in [0.25, 0.3) is 0 Å². The van der Waals surface area contributed by atoms with Gasteiger partial charge in [0.2, 0.25) is 5.75 Å². The van der Waals surface area contributed by atoms with E-state index in [1.807, 2.05) is 0 Å². The molecule has 0 aliphatic carbocycles. The van der Waals surface area contributed by atoms with Crippen molar-refractivity contribution < 1.29 is 53.1 Å². The largest absolute Gasteiger partial charge is 0.448 e. The second-order valence-corrected chi connectivity index (χ2v) is 10.1. The third-order valence-corrected chi connectivity index (χ3v) is 6.98. The summed E-state index contributed by atoms with van der Waals surface area (Å²) in [5.41, 5.74) is -1.10. The predicted molar refractivity (Wildman–Crippen MR) is 156 cm³/mol. The first-order chi connectivity index (χ1) is 21.4. The molecular weight excluding hydrogens is 584 g/mol. The highest BCUT2D eigenvalue weighted by Gasteiger charge is 2.48. The Hall–Kier alpha value is -5.65. The van der Waals surface area contributed by atoms with Gasteiger partial charge in [-0.05, 0) is 29.7 Å². The Labute approximate surface area is 256 Å². The summed E-state index contributed by atoms with van der Waals surface area (Å²) in [6.07, 6.45) is -1.13. The van der Waals surface area contributed by atoms with E-state index in [0.29, 0.717) is 11.1 Å². The molecule has 4 aromatic rings. The van der Waals surface area contributed by atoms with Crippen molar-refractivity contribution in [3.05, 3.63) is 124 Å². The summed E-state index contributed by atoms with van der Waals surface area (Å²) in [7, 11) is 0. The van der Waals surface area contributed by atoms with Crippen LogP contribution in [0.2, 0.25) is 0 Å². The molecule has 0 fully saturated rings. The maximum atomic E-state index is 14.0. The third-order valence-electron chi connectivity index (χ3n) is 6.98. The van der Waals surface area contributed by atoms with Crippen molar-refractivity contribution in [1.29, 1.82) is 0 Å². The van der Waals surface area contributed by atoms with E-state index >= 15 is 0 Å². The fourth-order valence-corrected chi connectivity index (χ4v) is 5.08. The van der Waals surface area contributed by atoms with Crippen molar-refractivity contribution >= 4 is 29.7 Å². The van der Waals surface area contributed by atoms with Gasteiger partial charge in [-0.3, -0.25) is 14.4 Å². The number of hydrogen-bond acceptors (Lipinski definition) is 11. The molecule has 6 rings (SSSR count). The minimum absolute atomic E-state index is 0.191. The summed E-state index contributed by atoms with van der Waals surface area (Å²) >= 11 is 0. The van der Waals surface area contributed by atoms with Crippen LogP contribution in [0.4, 0.5) is 0 Å². The second kappa shape index (κ2) is 12.2. The maximum Gasteiger partial charge on any atom is 0.372 e. The van der Waals surface area contributed by atoms with Gasteiger partial charge in [0.05, 0.1) is 16.7 Å². The first kappa shape index (κ1) is 30.8. The summed E-state index contributed by atoms with van der Waals surface area (Å²) in [6, 6.07) is 22.5. The lowest BCUT2D eigenvalue weighted by Crippen LogP contribution is -2.39. The van der Waals surface area contributed by atoms with E-state index in [9.17, 15) is 34.2 Å². The highest BCUT2D eigenvalue weighted by atomic mass is 16.6. The Morgan fingerprint density at radius 3 is 1.76 bits per heavy atom. The molecule has 0 unspecified atom stereocenters. The van der Waals surface area contributed by atoms with E-state index in [-0.39, 0.29) is 16.7 Å². The van der Waals surface area contributed by atoms with Crippen LogP contribution in [-0.4, -0.2) is 39.9 Å². The standard InChI is InChI=1S/C34H26O11/c1-18-25-27(37)23-16-10-11-17-24(23)32(38)44-30(31(43-20(3)36)29(25)42-19(2)35)26(18)34(40,41)33(39)45-28(21-12-6-4-7-13-21)22-14-8-5-9-15-22/h4-17,28,40-41H,1-3H3. The molecular formula is C34H26O11. The van der Waals surface area contributed by atoms with Crippen molar-refractivity contribution in [2.24, 2.45) is 0 Å². The smallest absolute Gasteiger partial charge is 0.372 e. The first-order valence-electron chi connectivity index (χ1n) is 13.6. The molecule has 2 aliphatic heterocycles. The lowest BCUT2D eigenvalue weighted by atomic mass is 9.88. The number of fused-ring (bicyclic) bond motifs is 3. The summed E-state index contributed by atoms with van der Waals surface area (Å²) in [4.78, 5) is 65.7. The van der Waals surface area contributed by atoms with Gasteiger partial charge in [0.25, 0.3) is 5.79 Å². The SMILES string of the molecule is CC(=O)Oc1c(OC(C)=O)c2c(C)c(C(O)(O)C(=O)OC(c3ccccc3)c3ccccc3)c1OC(=O)c1ccccc1C2=O. The van der Waals surface area contributed by atoms with E-state index in [1.165, 1.54) is 31.2 Å². The molecule has 0 aromatic heterocycles. The fourth-order valence-electron chi connectivity index (χ4n) is 5.08. The topological polar surface area (TPSA) is 163 Å². The van der Waals surface area contributed by atoms with E-state index < -0.39 is 69.9 Å². The van der Waals surface area contributed by atoms with Crippen LogP contribution in [0.15, 0.2) is 84.9 Å². The van der Waals surface area contributed by atoms with Crippen molar-refractivity contribution in [3.63, 3.8) is 0 Å². The highest BCUT2D eigenvalue weighted by Crippen LogP contribution is 2.51. The van der Waals surface area contributed by atoms with Gasteiger partial charge in [-0.25, -0.2) is 9.59 Å². The Balaban J connectivity index is 1.76. The average molecular weight is 611 g/mol. The van der Waals surface area contributed by atoms with Crippen LogP contribution in [0.1, 0.15) is 68.5 Å². The second-order valence-electron chi connectivity index (χ2n) is 10.1. The Morgan fingerprint density at radius 2 is 1.22 bits per heavy atom. The number of carbonyl (C=O) groups excluding carboxylic acids is 5. The quantitative estimate of drug-likeness (QED) is 0.176. The van der Waals surface area contributed by atoms with Gasteiger partial charge in [0.15, 0.2) is 23.4 Å². The number of aliphatic hydroxyl groups is 2. The van der Waals surface area contributed by atoms with Gasteiger partial charge in [0, 0.05) is 19.4 Å². The Bertz CT molecular complexity index is 1800. The molecule has 0 spiro atoms. The lowest BCUT2D eigenvalue weighted by Gasteiger charge is -2.29. The molecule has 11 heteroatoms. The average Bonchev–Trinajstić information content (AvgIpc) is 3.06. The number of rotatable bonds is 7. The molecule has 0 radical (unpaired) electrons. The predicted octanol–water partition coefficient (Wildman–Crippen LogP) is 4.08. The van der Waals surface area contributed by atoms with E-state index in [4.69, 9.17) is 18.9 Å². The molecule has 0 atom stereocenters. The van der Waals surface area contributed by atoms with Crippen LogP contribution >= 0.6 is 0 Å². The van der Waals surface area contributed by atoms with Crippen molar-refractivity contribution in [2.45, 2.75) is 32.7 Å². The molecule has 0 saturated heterocycles. The maximum absolute atomic E-state index is 14.0. The molecule has 45 heavy (non-hydrogen) atoms. The lowest BCUT2D eigenvalue weighted by molar-refractivity contribution is -0.218. The minimum atomic E-state index is -3.61. The Morgan fingerprint density at radius 1 is 0.733 bits per heavy atom. The van der Waals surface area contributed by atoms with Gasteiger partial charge < -0.3 is 29.2 Å². The third kappa shape index (κ3) is 5.81. The number of esters is 4. The van der Waals surface area contributed by atoms with Crippen molar-refractivity contribution in [2.75, 3.05) is 0 Å². The molecule has 0 saturated carbocycles. The van der Waals surface area contributed by atoms with Gasteiger partial charge in [-0.15, -0.1) is 0 Å². The number of ether oxygens (including phenoxy) is 4. The fraction of sp³-hybridized carbons (Fsp3) is 0.147. The highest BCUT2D eigenvalue weighted by molar-refractivity contribution is 6.18. The van der Waals surface area contributed by atoms with Crippen LogP contribution in [-0.2, 0) is 24.9 Å². The number of benzene rings is 4. The molecule has 2 N–H and O–H groups in total. The van der Waals surface area contributed by atoms with Crippen LogP contribution in [0.5, 0.6) is 17.2 Å². The summed E-state index contributed by atoms with van der Waals surface area (Å²) in [6.45, 7) is 3.21. The van der Waals surface area contributed by atoms with Crippen molar-refractivity contribution in [1.82, 2.24) is 0 Å². The number of ketones is 1. The normalized spacial score (nSPS) is 12.4. The van der Waals surface area contributed by atoms with Gasteiger partial charge >= 0.3 is 23.9 Å². The van der Waals surface area contributed by atoms with E-state index in [0.717, 1.165) is 13.8 Å². The summed E-state index contributed by atoms with van der Waals surface area (Å²) in [5, 5.41) is 23.2. The zero-order chi connectivity index (χ0) is 32.5. The molecule has 228 valence electrons. The molecule has 2 heterocycles. The molecule has 2 bridgehead atoms. The van der Waals surface area contributed by atoms with E-state index in [1.54, 1.807) is 60.7 Å². The van der Waals surface area contributed by atoms with Gasteiger partial charge in [-0.2, -0.15) is 0 Å². The monoisotopic (exact) mass is 610 g/mol. The zero-order valence-electron chi connectivity index (χ0n) is 24.2. The molecule has 11 nitrogen and oxygen atoms in total. The number of carbonyl (C=O) groups is 5. The van der Waals surface area contributed by atoms with E-state index in [2.05, 4.69) is 0 Å². The summed E-state index contributed by atoms with van der Waals surface area (Å²) in [5.74, 6) is -11.6. The van der Waals surface area contributed by atoms with Crippen molar-refractivity contribution in [3.8, 4) is 17.2 Å². The van der Waals surface area contributed by atoms with Gasteiger partial charge in [-0.1, -0.05) is 78.9 Å². The van der Waals surface area contributed by atoms with Gasteiger partial charge in [0.1, 0.15) is 0 Å². The molecule has 0 amide bonds. The van der Waals surface area contributed by atoms with Crippen LogP contribution in [0, 0.1) is 6.92 Å². The molecule has 4 aromatic carbocycles. The minimum Gasteiger partial charge on any atom is -0.448 e. The summed E-state index contributed by atoms with van der Waals surface area (Å²) < 4.78 is 21.8. The first-order valence-corrected chi connectivity index (χ1v) is 13.6. The zero-order valence-corrected chi connectivity index (χ0v) is 24.2. The molecule has 2 aliphatic rings.